The number of rotatable bonds is 5. The lowest BCUT2D eigenvalue weighted by atomic mass is 10.00. The Morgan fingerprint density at radius 1 is 1.10 bits per heavy atom. The van der Waals surface area contributed by atoms with Gasteiger partial charge in [-0.15, -0.1) is 0 Å². The van der Waals surface area contributed by atoms with Gasteiger partial charge in [-0.1, -0.05) is 43.0 Å². The molecule has 0 spiro atoms. The van der Waals surface area contributed by atoms with Crippen LogP contribution in [0.1, 0.15) is 41.1 Å². The van der Waals surface area contributed by atoms with Crippen LogP contribution in [0.5, 0.6) is 0 Å². The Bertz CT molecular complexity index is 592. The molecule has 0 amide bonds. The van der Waals surface area contributed by atoms with Gasteiger partial charge in [0.2, 0.25) is 0 Å². The molecule has 21 heavy (non-hydrogen) atoms. The van der Waals surface area contributed by atoms with E-state index >= 15 is 0 Å². The topological polar surface area (TPSA) is 51.8 Å². The van der Waals surface area contributed by atoms with Crippen molar-refractivity contribution in [2.24, 2.45) is 5.73 Å². The second-order valence-electron chi connectivity index (χ2n) is 5.40. The average molecular weight is 301 g/mol. The zero-order valence-corrected chi connectivity index (χ0v) is 13.9. The molecule has 0 bridgehead atoms. The molecule has 0 fully saturated rings. The van der Waals surface area contributed by atoms with Gasteiger partial charge in [0, 0.05) is 17.4 Å². The summed E-state index contributed by atoms with van der Waals surface area (Å²) in [6.45, 7) is 8.26. The van der Waals surface area contributed by atoms with Gasteiger partial charge in [-0.2, -0.15) is 0 Å². The smallest absolute Gasteiger partial charge is 0.188 e. The van der Waals surface area contributed by atoms with Crippen molar-refractivity contribution in [1.82, 2.24) is 9.97 Å². The van der Waals surface area contributed by atoms with Gasteiger partial charge in [0.15, 0.2) is 5.16 Å². The monoisotopic (exact) mass is 301 g/mol. The first-order valence-electron chi connectivity index (χ1n) is 7.31. The summed E-state index contributed by atoms with van der Waals surface area (Å²) in [6.07, 6.45) is 0.927. The van der Waals surface area contributed by atoms with E-state index in [1.165, 1.54) is 11.1 Å². The fourth-order valence-corrected chi connectivity index (χ4v) is 3.74. The summed E-state index contributed by atoms with van der Waals surface area (Å²) in [5, 5.41) is 0.988. The molecule has 0 saturated carbocycles. The molecule has 0 aliphatic carbocycles. The number of thioether (sulfide) groups is 1. The summed E-state index contributed by atoms with van der Waals surface area (Å²) in [7, 11) is 0. The van der Waals surface area contributed by atoms with Crippen molar-refractivity contribution in [2.45, 2.75) is 50.6 Å². The molecule has 2 rings (SSSR count). The van der Waals surface area contributed by atoms with Crippen molar-refractivity contribution in [3.05, 3.63) is 52.8 Å². The van der Waals surface area contributed by atoms with E-state index in [1.807, 2.05) is 19.9 Å². The van der Waals surface area contributed by atoms with Crippen LogP contribution in [0.2, 0.25) is 0 Å². The van der Waals surface area contributed by atoms with Crippen LogP contribution in [0.4, 0.5) is 0 Å². The Kier molecular flexibility index (Phi) is 5.37. The number of hydrogen-bond donors (Lipinski definition) is 1. The van der Waals surface area contributed by atoms with Crippen LogP contribution in [0, 0.1) is 20.8 Å². The lowest BCUT2D eigenvalue weighted by Crippen LogP contribution is -2.26. The minimum Gasteiger partial charge on any atom is -0.326 e. The molecule has 1 aromatic heterocycles. The van der Waals surface area contributed by atoms with Crippen LogP contribution in [0.3, 0.4) is 0 Å². The van der Waals surface area contributed by atoms with Gasteiger partial charge in [0.05, 0.1) is 5.25 Å². The third-order valence-electron chi connectivity index (χ3n) is 3.55. The lowest BCUT2D eigenvalue weighted by Gasteiger charge is -2.24. The van der Waals surface area contributed by atoms with Gasteiger partial charge < -0.3 is 5.73 Å². The van der Waals surface area contributed by atoms with Crippen molar-refractivity contribution < 1.29 is 0 Å². The minimum atomic E-state index is 0.0838. The van der Waals surface area contributed by atoms with Gasteiger partial charge in [0.25, 0.3) is 0 Å². The fraction of sp³-hybridized carbons (Fsp3) is 0.412. The average Bonchev–Trinajstić information content (AvgIpc) is 2.44. The van der Waals surface area contributed by atoms with Crippen LogP contribution < -0.4 is 5.73 Å². The van der Waals surface area contributed by atoms with E-state index in [9.17, 15) is 0 Å². The second kappa shape index (κ2) is 7.05. The molecule has 2 unspecified atom stereocenters. The van der Waals surface area contributed by atoms with E-state index in [-0.39, 0.29) is 11.3 Å². The van der Waals surface area contributed by atoms with Crippen LogP contribution in [0.15, 0.2) is 35.5 Å². The van der Waals surface area contributed by atoms with Crippen LogP contribution >= 0.6 is 11.8 Å². The zero-order chi connectivity index (χ0) is 15.4. The number of hydrogen-bond acceptors (Lipinski definition) is 4. The summed E-state index contributed by atoms with van der Waals surface area (Å²) >= 11 is 1.67. The fourth-order valence-electron chi connectivity index (χ4n) is 2.36. The molecule has 0 aliphatic heterocycles. The molecule has 2 aromatic rings. The predicted molar refractivity (Wildman–Crippen MR) is 89.5 cm³/mol. The third-order valence-corrected chi connectivity index (χ3v) is 4.80. The summed E-state index contributed by atoms with van der Waals surface area (Å²) in [5.74, 6) is 0. The van der Waals surface area contributed by atoms with Crippen LogP contribution in [0.25, 0.3) is 0 Å². The van der Waals surface area contributed by atoms with E-state index in [4.69, 9.17) is 5.73 Å². The molecule has 1 aromatic carbocycles. The summed E-state index contributed by atoms with van der Waals surface area (Å²) < 4.78 is 0. The number of benzene rings is 1. The Balaban J connectivity index is 2.35. The summed E-state index contributed by atoms with van der Waals surface area (Å²) in [5.41, 5.74) is 10.9. The highest BCUT2D eigenvalue weighted by Crippen LogP contribution is 2.37. The van der Waals surface area contributed by atoms with Gasteiger partial charge >= 0.3 is 0 Å². The Morgan fingerprint density at radius 3 is 2.29 bits per heavy atom. The lowest BCUT2D eigenvalue weighted by molar-refractivity contribution is 0.630. The normalized spacial score (nSPS) is 14.0. The molecule has 0 saturated heterocycles. The summed E-state index contributed by atoms with van der Waals surface area (Å²) in [6, 6.07) is 10.5. The van der Waals surface area contributed by atoms with Gasteiger partial charge in [0.1, 0.15) is 0 Å². The van der Waals surface area contributed by atoms with E-state index in [0.29, 0.717) is 0 Å². The van der Waals surface area contributed by atoms with E-state index in [0.717, 1.165) is 23.0 Å². The highest BCUT2D eigenvalue weighted by molar-refractivity contribution is 7.99. The first kappa shape index (κ1) is 16.0. The Morgan fingerprint density at radius 2 is 1.71 bits per heavy atom. The number of aromatic nitrogens is 2. The maximum absolute atomic E-state index is 6.37. The van der Waals surface area contributed by atoms with Crippen molar-refractivity contribution in [2.75, 3.05) is 0 Å². The number of nitrogens with two attached hydrogens (primary N) is 1. The standard InChI is InChI=1S/C17H23N3S/c1-5-15(18)16(14-9-7-6-8-11(14)2)21-17-19-12(3)10-13(4)20-17/h6-10,15-16H,5,18H2,1-4H3. The Hall–Kier alpha value is -1.39. The molecule has 4 heteroatoms. The first-order chi connectivity index (χ1) is 10.0. The molecule has 3 nitrogen and oxygen atoms in total. The van der Waals surface area contributed by atoms with E-state index in [2.05, 4.69) is 48.1 Å². The summed E-state index contributed by atoms with van der Waals surface area (Å²) in [4.78, 5) is 9.08. The van der Waals surface area contributed by atoms with Crippen molar-refractivity contribution >= 4 is 11.8 Å². The quantitative estimate of drug-likeness (QED) is 0.670. The molecule has 112 valence electrons. The van der Waals surface area contributed by atoms with Gasteiger partial charge in [-0.3, -0.25) is 0 Å². The van der Waals surface area contributed by atoms with Crippen molar-refractivity contribution in [1.29, 1.82) is 0 Å². The van der Waals surface area contributed by atoms with Crippen molar-refractivity contribution in [3.63, 3.8) is 0 Å². The van der Waals surface area contributed by atoms with E-state index < -0.39 is 0 Å². The van der Waals surface area contributed by atoms with Gasteiger partial charge in [-0.05, 0) is 44.4 Å². The number of aryl methyl sites for hydroxylation is 3. The highest BCUT2D eigenvalue weighted by Gasteiger charge is 2.22. The maximum atomic E-state index is 6.37. The molecule has 0 radical (unpaired) electrons. The highest BCUT2D eigenvalue weighted by atomic mass is 32.2. The second-order valence-corrected chi connectivity index (χ2v) is 6.51. The Labute approximate surface area is 131 Å². The van der Waals surface area contributed by atoms with Gasteiger partial charge in [-0.25, -0.2) is 9.97 Å². The zero-order valence-electron chi connectivity index (χ0n) is 13.1. The third kappa shape index (κ3) is 4.05. The SMILES string of the molecule is CCC(N)C(Sc1nc(C)cc(C)n1)c1ccccc1C. The molecule has 2 atom stereocenters. The molecule has 0 aliphatic rings. The molecule has 2 N–H and O–H groups in total. The largest absolute Gasteiger partial charge is 0.326 e. The van der Waals surface area contributed by atoms with E-state index in [1.54, 1.807) is 11.8 Å². The van der Waals surface area contributed by atoms with Crippen LogP contribution in [-0.4, -0.2) is 16.0 Å². The predicted octanol–water partition coefficient (Wildman–Crippen LogP) is 3.97. The first-order valence-corrected chi connectivity index (χ1v) is 8.19. The van der Waals surface area contributed by atoms with Crippen molar-refractivity contribution in [3.8, 4) is 0 Å². The minimum absolute atomic E-state index is 0.0838. The van der Waals surface area contributed by atoms with Crippen LogP contribution in [-0.2, 0) is 0 Å². The molecular formula is C17H23N3S. The number of nitrogens with zero attached hydrogens (tertiary/aromatic N) is 2. The maximum Gasteiger partial charge on any atom is 0.188 e. The molecule has 1 heterocycles. The molecular weight excluding hydrogens is 278 g/mol.